The van der Waals surface area contributed by atoms with Crippen LogP contribution in [0.4, 0.5) is 58.5 Å². The summed E-state index contributed by atoms with van der Waals surface area (Å²) < 4.78 is 29.4. The Morgan fingerprint density at radius 1 is 0.477 bits per heavy atom. The van der Waals surface area contributed by atoms with E-state index in [0.29, 0.717) is 133 Å². The van der Waals surface area contributed by atoms with Gasteiger partial charge in [0.1, 0.15) is 0 Å². The number of carbonyl (C=O) groups is 11. The molecular formula is C87H126ClN21O16S3. The highest BCUT2D eigenvalue weighted by atomic mass is 35.5. The number of nitrogens with two attached hydrogens (primary N) is 1. The second kappa shape index (κ2) is 48.0. The average Bonchev–Trinajstić information content (AvgIpc) is 1.57. The SMILES string of the molecule is C=CC(=O)Cl.C=CC(=O)Nc1ccc(C(=O)Nc2n[nH]c3c2CN(C(=O)N[C@H](CN(C)C)C2CCOCC2)C3(C)C)cc1.C=CC(=O)Nc1ccc(C(=O)Nc2nn(C(=O)OCC)c3c2CN(C(=O)N[C@H](CN(C)C)C2CCOCC2)C3(C)C)cc1.CCOC(=O)n1nc(NC(=O)c2ccc(N)cc2)c2c1C(C)(C)N(C(=O)N[C@H](CN(C)C)C1CCOCC1)C2.S.S.S. The van der Waals surface area contributed by atoms with Crippen molar-refractivity contribution in [2.45, 2.75) is 148 Å². The van der Waals surface area contributed by atoms with Crippen molar-refractivity contribution in [3.05, 3.63) is 161 Å². The van der Waals surface area contributed by atoms with Crippen LogP contribution in [0.15, 0.2) is 111 Å². The van der Waals surface area contributed by atoms with Gasteiger partial charge in [-0.25, -0.2) is 24.0 Å². The van der Waals surface area contributed by atoms with Crippen LogP contribution in [0, 0.1) is 17.8 Å². The van der Waals surface area contributed by atoms with Gasteiger partial charge < -0.3 is 101 Å². The van der Waals surface area contributed by atoms with Gasteiger partial charge in [0, 0.05) is 128 Å². The summed E-state index contributed by atoms with van der Waals surface area (Å²) in [6, 6.07) is 18.5. The van der Waals surface area contributed by atoms with E-state index < -0.39 is 45.9 Å². The molecule has 41 heteroatoms. The number of nitrogens with zero attached hydrogens (tertiary/aromatic N) is 11. The van der Waals surface area contributed by atoms with Gasteiger partial charge in [-0.15, -0.1) is 10.2 Å². The lowest BCUT2D eigenvalue weighted by Gasteiger charge is -2.37. The normalized spacial score (nSPS) is 16.4. The van der Waals surface area contributed by atoms with Gasteiger partial charge in [0.15, 0.2) is 17.5 Å². The molecule has 3 atom stereocenters. The summed E-state index contributed by atoms with van der Waals surface area (Å²) in [5, 5.41) is 39.2. The Balaban J connectivity index is 0.000000285. The zero-order chi connectivity index (χ0) is 91.4. The largest absolute Gasteiger partial charge is 0.448 e. The summed E-state index contributed by atoms with van der Waals surface area (Å²) >= 11 is 4.71. The first-order chi connectivity index (χ1) is 59.3. The van der Waals surface area contributed by atoms with Crippen molar-refractivity contribution in [2.24, 2.45) is 17.8 Å². The van der Waals surface area contributed by atoms with E-state index in [-0.39, 0.29) is 138 Å². The van der Waals surface area contributed by atoms with Crippen molar-refractivity contribution in [1.29, 1.82) is 0 Å². The number of hydrogen-bond acceptors (Lipinski definition) is 23. The molecule has 3 fully saturated rings. The number of aromatic amines is 1. The van der Waals surface area contributed by atoms with Crippen LogP contribution in [0.5, 0.6) is 0 Å². The lowest BCUT2D eigenvalue weighted by molar-refractivity contribution is -0.112. The van der Waals surface area contributed by atoms with Crippen molar-refractivity contribution in [3.63, 3.8) is 0 Å². The molecule has 700 valence electrons. The fourth-order valence-corrected chi connectivity index (χ4v) is 16.0. The van der Waals surface area contributed by atoms with Gasteiger partial charge in [-0.3, -0.25) is 33.9 Å². The number of benzene rings is 3. The van der Waals surface area contributed by atoms with E-state index >= 15 is 0 Å². The molecule has 3 aromatic heterocycles. The zero-order valence-electron chi connectivity index (χ0n) is 75.3. The first-order valence-corrected chi connectivity index (χ1v) is 42.0. The minimum absolute atomic E-state index is 0. The topological polar surface area (TPSA) is 440 Å². The number of anilines is 6. The van der Waals surface area contributed by atoms with Crippen molar-refractivity contribution >= 4 is 152 Å². The van der Waals surface area contributed by atoms with Crippen molar-refractivity contribution < 1.29 is 76.4 Å². The highest BCUT2D eigenvalue weighted by Gasteiger charge is 2.51. The molecule has 12 rings (SSSR count). The Morgan fingerprint density at radius 2 is 0.773 bits per heavy atom. The van der Waals surface area contributed by atoms with E-state index in [1.54, 1.807) is 101 Å². The number of nitrogen functional groups attached to an aromatic ring is 1. The van der Waals surface area contributed by atoms with Crippen LogP contribution >= 0.6 is 52.1 Å². The van der Waals surface area contributed by atoms with Crippen LogP contribution in [0.1, 0.15) is 159 Å². The third kappa shape index (κ3) is 26.9. The van der Waals surface area contributed by atoms with Gasteiger partial charge in [-0.05, 0) is 257 Å². The molecule has 3 saturated heterocycles. The van der Waals surface area contributed by atoms with Crippen molar-refractivity contribution in [1.82, 2.24) is 75.1 Å². The smallest absolute Gasteiger partial charge is 0.435 e. The molecule has 11 amide bonds. The number of fused-ring (bicyclic) bond motifs is 3. The number of urea groups is 3. The van der Waals surface area contributed by atoms with Gasteiger partial charge in [-0.1, -0.05) is 19.7 Å². The van der Waals surface area contributed by atoms with Crippen LogP contribution in [0.2, 0.25) is 0 Å². The van der Waals surface area contributed by atoms with Crippen LogP contribution in [-0.2, 0) is 74.3 Å². The number of H-pyrrole nitrogens is 1. The van der Waals surface area contributed by atoms with Gasteiger partial charge >= 0.3 is 30.3 Å². The average molecular weight is 1850 g/mol. The van der Waals surface area contributed by atoms with Crippen LogP contribution in [0.25, 0.3) is 0 Å². The molecule has 6 aliphatic heterocycles. The number of hydrogen-bond donors (Lipinski definition) is 10. The van der Waals surface area contributed by atoms with Gasteiger partial charge in [0.05, 0.1) is 66.5 Å². The molecule has 6 aromatic rings. The Labute approximate surface area is 773 Å². The predicted molar refractivity (Wildman–Crippen MR) is 504 cm³/mol. The summed E-state index contributed by atoms with van der Waals surface area (Å²) in [5.41, 5.74) is 9.62. The molecule has 0 saturated carbocycles. The van der Waals surface area contributed by atoms with E-state index in [1.807, 2.05) is 83.8 Å². The minimum Gasteiger partial charge on any atom is -0.448 e. The van der Waals surface area contributed by atoms with Crippen LogP contribution < -0.4 is 48.3 Å². The second-order valence-electron chi connectivity index (χ2n) is 33.3. The summed E-state index contributed by atoms with van der Waals surface area (Å²) in [7, 11) is 11.9. The molecule has 0 bridgehead atoms. The number of likely N-dealkylation sites (N-methyl/N-ethyl adjacent to an activating group) is 3. The number of ether oxygens (including phenoxy) is 5. The highest BCUT2D eigenvalue weighted by molar-refractivity contribution is 7.59. The first kappa shape index (κ1) is 106. The quantitative estimate of drug-likeness (QED) is 0.0145. The van der Waals surface area contributed by atoms with Gasteiger partial charge in [0.25, 0.3) is 17.7 Å². The lowest BCUT2D eigenvalue weighted by atomic mass is 9.91. The van der Waals surface area contributed by atoms with E-state index in [2.05, 4.69) is 97.4 Å². The van der Waals surface area contributed by atoms with E-state index in [9.17, 15) is 52.7 Å². The number of rotatable bonds is 25. The third-order valence-electron chi connectivity index (χ3n) is 22.5. The summed E-state index contributed by atoms with van der Waals surface area (Å²) in [6.45, 7) is 31.8. The molecule has 3 aromatic carbocycles. The third-order valence-corrected chi connectivity index (χ3v) is 22.7. The standard InChI is InChI=1S/C30H41N7O6.C27H39N7O5.C27H37N7O4.C3H3ClO.3H2S/c1-7-24(38)31-21-11-9-20(10-12-21)27(39)33-26-22-17-36(30(3,4)25(22)37(34-26)29(41)43-8-2)28(40)32-23(18-35(5)6)19-13-15-42-16-14-19;1-6-39-26(37)34-22-20(23(31-34)30-24(35)18-7-9-19(28)10-8-18)15-33(27(22,2)3)25(36)29-21(16-32(4)5)17-11-13-38-14-12-17;1-6-22(35)28-19-9-7-18(8-10-19)25(36)30-24-20-15-34(27(2,3)23(20)31-32-24)26(37)29-21(16-33(4)5)17-11-13-38-14-12-17;1-2-3(4)5;;;/h7,9-12,19,23H,1,8,13-18H2,2-6H3,(H,31,38)(H,32,40)(H,33,34,39);7-10,17,21H,6,11-16,28H2,1-5H3,(H,29,36)(H,30,31,35);6-10,17,21H,1,11-16H2,2-5H3,(H,28,35)(H,29,37)(H2,30,31,32,36);2H,1H2;3*1H2/t23-;2*21-;;;;/m111..../s1. The number of nitrogens with one attached hydrogen (secondary N) is 9. The second-order valence-corrected chi connectivity index (χ2v) is 33.6. The summed E-state index contributed by atoms with van der Waals surface area (Å²) in [4.78, 5) is 150. The zero-order valence-corrected chi connectivity index (χ0v) is 79.1. The maximum absolute atomic E-state index is 13.8. The number of carbonyl (C=O) groups excluding carboxylic acids is 11. The molecule has 128 heavy (non-hydrogen) atoms. The maximum atomic E-state index is 13.8. The number of aromatic nitrogens is 6. The molecule has 9 heterocycles. The molecule has 11 N–H and O–H groups in total. The lowest BCUT2D eigenvalue weighted by Crippen LogP contribution is -2.54. The predicted octanol–water partition coefficient (Wildman–Crippen LogP) is 10.4. The van der Waals surface area contributed by atoms with E-state index in [4.69, 9.17) is 41.0 Å². The van der Waals surface area contributed by atoms with E-state index in [1.165, 1.54) is 6.08 Å². The summed E-state index contributed by atoms with van der Waals surface area (Å²) in [5.74, 6) is -0.224. The number of allylic oxidation sites excluding steroid dienone is 1. The molecule has 37 nitrogen and oxygen atoms in total. The minimum atomic E-state index is -0.953. The fourth-order valence-electron chi connectivity index (χ4n) is 16.0. The van der Waals surface area contributed by atoms with Gasteiger partial charge in [-0.2, -0.15) is 54.9 Å². The van der Waals surface area contributed by atoms with Crippen LogP contribution in [0.3, 0.4) is 0 Å². The van der Waals surface area contributed by atoms with E-state index in [0.717, 1.165) is 77.8 Å². The molecular weight excluding hydrogens is 1730 g/mol. The van der Waals surface area contributed by atoms with Crippen LogP contribution in [-0.4, -0.2) is 257 Å². The molecule has 0 spiro atoms. The van der Waals surface area contributed by atoms with Gasteiger partial charge in [0.2, 0.25) is 17.1 Å². The number of amides is 11. The fraction of sp³-hybridized carbons (Fsp3) is 0.494. The molecule has 6 aliphatic rings. The monoisotopic (exact) mass is 1850 g/mol. The Bertz CT molecular complexity index is 4870. The molecule has 0 aliphatic carbocycles. The first-order valence-electron chi connectivity index (χ1n) is 41.6. The highest BCUT2D eigenvalue weighted by Crippen LogP contribution is 2.46. The summed E-state index contributed by atoms with van der Waals surface area (Å²) in [6.07, 6.45) is 7.30. The molecule has 0 radical (unpaired) electrons. The maximum Gasteiger partial charge on any atom is 0.435 e. The van der Waals surface area contributed by atoms with Crippen molar-refractivity contribution in [3.8, 4) is 0 Å². The van der Waals surface area contributed by atoms with Crippen molar-refractivity contribution in [2.75, 3.05) is 147 Å². The Morgan fingerprint density at radius 3 is 1.07 bits per heavy atom. The Kier molecular flexibility index (Phi) is 39.7. The molecule has 0 unspecified atom stereocenters. The number of halogens is 1. The Hall–Kier alpha value is -10.8.